The zero-order valence-corrected chi connectivity index (χ0v) is 9.37. The van der Waals surface area contributed by atoms with Gasteiger partial charge in [-0.3, -0.25) is 4.79 Å². The molecule has 0 atom stereocenters. The van der Waals surface area contributed by atoms with Crippen molar-refractivity contribution in [2.75, 3.05) is 13.2 Å². The molecular weight excluding hydrogens is 192 g/mol. The summed E-state index contributed by atoms with van der Waals surface area (Å²) < 4.78 is 5.28. The van der Waals surface area contributed by atoms with Crippen LogP contribution in [0, 0.1) is 0 Å². The normalized spacial score (nSPS) is 10.5. The molecule has 0 aliphatic carbocycles. The van der Waals surface area contributed by atoms with E-state index in [1.807, 2.05) is 0 Å². The highest BCUT2D eigenvalue weighted by Gasteiger charge is 1.92. The number of carbonyl (C=O) groups is 1. The summed E-state index contributed by atoms with van der Waals surface area (Å²) in [6, 6.07) is 0. The number of aliphatic hydroxyl groups is 1. The van der Waals surface area contributed by atoms with E-state index in [4.69, 9.17) is 9.84 Å². The van der Waals surface area contributed by atoms with Crippen molar-refractivity contribution in [2.24, 2.45) is 0 Å². The first-order chi connectivity index (χ1) is 7.16. The minimum Gasteiger partial charge on any atom is -0.494 e. The van der Waals surface area contributed by atoms with E-state index in [1.165, 1.54) is 13.0 Å². The summed E-state index contributed by atoms with van der Waals surface area (Å²) in [6.45, 7) is 6.02. The van der Waals surface area contributed by atoms with Crippen LogP contribution in [0.5, 0.6) is 0 Å². The fourth-order valence-corrected chi connectivity index (χ4v) is 1.03. The molecule has 0 saturated heterocycles. The van der Waals surface area contributed by atoms with Gasteiger partial charge in [-0.05, 0) is 38.3 Å². The summed E-state index contributed by atoms with van der Waals surface area (Å²) in [5.41, 5.74) is 0. The molecule has 0 aromatic rings. The first-order valence-electron chi connectivity index (χ1n) is 5.28. The second kappa shape index (κ2) is 9.46. The Balaban J connectivity index is 3.35. The van der Waals surface area contributed by atoms with Crippen LogP contribution in [-0.4, -0.2) is 24.1 Å². The lowest BCUT2D eigenvalue weighted by Crippen LogP contribution is -1.93. The number of ketones is 1. The molecule has 0 rings (SSSR count). The molecule has 3 nitrogen and oxygen atoms in total. The van der Waals surface area contributed by atoms with Gasteiger partial charge in [-0.25, -0.2) is 0 Å². The lowest BCUT2D eigenvalue weighted by molar-refractivity contribution is -0.112. The quantitative estimate of drug-likeness (QED) is 0.276. The molecule has 1 N–H and O–H groups in total. The number of rotatable bonds is 9. The van der Waals surface area contributed by atoms with E-state index < -0.39 is 0 Å². The van der Waals surface area contributed by atoms with Crippen molar-refractivity contribution in [3.8, 4) is 0 Å². The molecule has 0 saturated carbocycles. The molecule has 86 valence electrons. The maximum absolute atomic E-state index is 10.6. The first-order valence-corrected chi connectivity index (χ1v) is 5.28. The topological polar surface area (TPSA) is 46.5 Å². The summed E-state index contributed by atoms with van der Waals surface area (Å²) in [7, 11) is 0. The Morgan fingerprint density at radius 3 is 2.53 bits per heavy atom. The average molecular weight is 212 g/mol. The molecular formula is C12H20O3. The van der Waals surface area contributed by atoms with Crippen molar-refractivity contribution in [1.29, 1.82) is 0 Å². The lowest BCUT2D eigenvalue weighted by atomic mass is 10.2. The van der Waals surface area contributed by atoms with E-state index in [9.17, 15) is 4.79 Å². The average Bonchev–Trinajstić information content (AvgIpc) is 2.20. The molecule has 0 heterocycles. The van der Waals surface area contributed by atoms with Crippen LogP contribution in [-0.2, 0) is 9.53 Å². The molecule has 3 heteroatoms. The van der Waals surface area contributed by atoms with E-state index in [2.05, 4.69) is 6.58 Å². The van der Waals surface area contributed by atoms with Crippen LogP contribution in [0.15, 0.2) is 24.5 Å². The maximum Gasteiger partial charge on any atom is 0.152 e. The second-order valence-corrected chi connectivity index (χ2v) is 3.40. The number of hydrogen-bond acceptors (Lipinski definition) is 3. The van der Waals surface area contributed by atoms with Crippen molar-refractivity contribution >= 4 is 5.78 Å². The lowest BCUT2D eigenvalue weighted by Gasteiger charge is -2.04. The number of aliphatic hydroxyl groups excluding tert-OH is 1. The smallest absolute Gasteiger partial charge is 0.152 e. The molecule has 0 unspecified atom stereocenters. The number of unbranched alkanes of at least 4 members (excludes halogenated alkanes) is 3. The third kappa shape index (κ3) is 10.8. The Morgan fingerprint density at radius 1 is 1.27 bits per heavy atom. The van der Waals surface area contributed by atoms with Crippen LogP contribution < -0.4 is 0 Å². The summed E-state index contributed by atoms with van der Waals surface area (Å²) >= 11 is 0. The van der Waals surface area contributed by atoms with Crippen molar-refractivity contribution in [3.05, 3.63) is 24.5 Å². The van der Waals surface area contributed by atoms with Crippen molar-refractivity contribution < 1.29 is 14.6 Å². The molecule has 0 radical (unpaired) electrons. The van der Waals surface area contributed by atoms with Crippen molar-refractivity contribution in [2.45, 2.75) is 32.6 Å². The second-order valence-electron chi connectivity index (χ2n) is 3.40. The molecule has 15 heavy (non-hydrogen) atoms. The van der Waals surface area contributed by atoms with Gasteiger partial charge in [0.15, 0.2) is 5.78 Å². The first kappa shape index (κ1) is 13.9. The van der Waals surface area contributed by atoms with E-state index in [0.29, 0.717) is 12.4 Å². The van der Waals surface area contributed by atoms with E-state index in [0.717, 1.165) is 25.7 Å². The molecule has 0 fully saturated rings. The molecule has 0 aliphatic rings. The van der Waals surface area contributed by atoms with Gasteiger partial charge in [-0.15, -0.1) is 0 Å². The van der Waals surface area contributed by atoms with Crippen LogP contribution in [0.1, 0.15) is 32.6 Å². The highest BCUT2D eigenvalue weighted by Crippen LogP contribution is 2.02. The summed E-state index contributed by atoms with van der Waals surface area (Å²) in [6.07, 6.45) is 6.89. The Labute approximate surface area is 91.4 Å². The van der Waals surface area contributed by atoms with Gasteiger partial charge in [-0.1, -0.05) is 13.0 Å². The summed E-state index contributed by atoms with van der Waals surface area (Å²) in [4.78, 5) is 10.6. The zero-order valence-electron chi connectivity index (χ0n) is 9.37. The predicted molar refractivity (Wildman–Crippen MR) is 60.5 cm³/mol. The van der Waals surface area contributed by atoms with Crippen molar-refractivity contribution in [1.82, 2.24) is 0 Å². The van der Waals surface area contributed by atoms with Gasteiger partial charge in [0.1, 0.15) is 5.76 Å². The number of ether oxygens (including phenoxy) is 1. The van der Waals surface area contributed by atoms with Gasteiger partial charge in [0.25, 0.3) is 0 Å². The largest absolute Gasteiger partial charge is 0.494 e. The molecule has 0 bridgehead atoms. The third-order valence-corrected chi connectivity index (χ3v) is 1.84. The molecule has 0 amide bonds. The van der Waals surface area contributed by atoms with Crippen LogP contribution in [0.3, 0.4) is 0 Å². The van der Waals surface area contributed by atoms with E-state index >= 15 is 0 Å². The van der Waals surface area contributed by atoms with Crippen LogP contribution in [0.4, 0.5) is 0 Å². The highest BCUT2D eigenvalue weighted by atomic mass is 16.5. The van der Waals surface area contributed by atoms with Crippen LogP contribution in [0.2, 0.25) is 0 Å². The zero-order chi connectivity index (χ0) is 11.5. The number of carbonyl (C=O) groups excluding carboxylic acids is 1. The monoisotopic (exact) mass is 212 g/mol. The van der Waals surface area contributed by atoms with Gasteiger partial charge >= 0.3 is 0 Å². The molecule has 0 aromatic carbocycles. The van der Waals surface area contributed by atoms with Crippen LogP contribution in [0.25, 0.3) is 0 Å². The Hall–Kier alpha value is -1.09. The van der Waals surface area contributed by atoms with Gasteiger partial charge in [0.05, 0.1) is 6.61 Å². The van der Waals surface area contributed by atoms with Gasteiger partial charge in [0.2, 0.25) is 0 Å². The minimum atomic E-state index is -0.0114. The van der Waals surface area contributed by atoms with Crippen LogP contribution >= 0.6 is 0 Å². The standard InChI is InChI=1S/C12H20O3/c1-11(14)7-8-12(2)15-10-6-4-3-5-9-13/h7-8,13H,2-6,9-10H2,1H3/b8-7-. The SMILES string of the molecule is C=C(/C=C\C(C)=O)OCCCCCCO. The molecule has 0 aliphatic heterocycles. The summed E-state index contributed by atoms with van der Waals surface area (Å²) in [5.74, 6) is 0.509. The van der Waals surface area contributed by atoms with E-state index in [1.54, 1.807) is 6.08 Å². The predicted octanol–water partition coefficient (Wildman–Crippen LogP) is 2.21. The van der Waals surface area contributed by atoms with Gasteiger partial charge in [0, 0.05) is 6.61 Å². The minimum absolute atomic E-state index is 0.0114. The fourth-order valence-electron chi connectivity index (χ4n) is 1.03. The molecule has 0 spiro atoms. The van der Waals surface area contributed by atoms with E-state index in [-0.39, 0.29) is 12.4 Å². The molecule has 0 aromatic heterocycles. The summed E-state index contributed by atoms with van der Waals surface area (Å²) in [5, 5.41) is 8.55. The highest BCUT2D eigenvalue weighted by molar-refractivity contribution is 5.87. The fraction of sp³-hybridized carbons (Fsp3) is 0.583. The maximum atomic E-state index is 10.6. The van der Waals surface area contributed by atoms with Gasteiger partial charge in [-0.2, -0.15) is 0 Å². The Bertz CT molecular complexity index is 219. The number of hydrogen-bond donors (Lipinski definition) is 1. The number of allylic oxidation sites excluding steroid dienone is 2. The van der Waals surface area contributed by atoms with Crippen molar-refractivity contribution in [3.63, 3.8) is 0 Å². The third-order valence-electron chi connectivity index (χ3n) is 1.84. The Morgan fingerprint density at radius 2 is 1.93 bits per heavy atom. The Kier molecular flexibility index (Phi) is 8.78. The van der Waals surface area contributed by atoms with Gasteiger partial charge < -0.3 is 9.84 Å².